The first-order chi connectivity index (χ1) is 14.5. The standard InChI is InChI=1S/C23H28N4O3/c1-15(17-8-4-3-5-9-17)23(30)27-12-7-6-10-20(27)21-24-19-14-26(16(2)28)13-11-18(19)22(29)25-21/h3-5,8-9,15,20H,6-7,10-14H2,1-2H3,(H,24,25,29)/t15-,20+/m1/s1. The van der Waals surface area contributed by atoms with Crippen LogP contribution >= 0.6 is 0 Å². The molecule has 30 heavy (non-hydrogen) atoms. The molecule has 158 valence electrons. The average Bonchev–Trinajstić information content (AvgIpc) is 2.78. The van der Waals surface area contributed by atoms with E-state index in [1.807, 2.05) is 42.2 Å². The zero-order valence-corrected chi connectivity index (χ0v) is 17.6. The second-order valence-corrected chi connectivity index (χ2v) is 8.24. The number of carbonyl (C=O) groups is 2. The largest absolute Gasteiger partial charge is 0.337 e. The molecule has 1 saturated heterocycles. The molecule has 0 saturated carbocycles. The summed E-state index contributed by atoms with van der Waals surface area (Å²) >= 11 is 0. The number of carbonyl (C=O) groups excluding carboxylic acids is 2. The number of aromatic nitrogens is 2. The molecule has 2 atom stereocenters. The molecule has 0 bridgehead atoms. The fourth-order valence-corrected chi connectivity index (χ4v) is 4.50. The molecule has 2 aromatic rings. The Kier molecular flexibility index (Phi) is 5.70. The summed E-state index contributed by atoms with van der Waals surface area (Å²) < 4.78 is 0. The Balaban J connectivity index is 1.64. The minimum Gasteiger partial charge on any atom is -0.337 e. The third kappa shape index (κ3) is 3.88. The normalized spacial score (nSPS) is 19.9. The highest BCUT2D eigenvalue weighted by Gasteiger charge is 2.34. The molecule has 0 unspecified atom stereocenters. The van der Waals surface area contributed by atoms with Gasteiger partial charge in [0.2, 0.25) is 11.8 Å². The maximum absolute atomic E-state index is 13.4. The summed E-state index contributed by atoms with van der Waals surface area (Å²) in [4.78, 5) is 49.2. The average molecular weight is 409 g/mol. The topological polar surface area (TPSA) is 86.4 Å². The summed E-state index contributed by atoms with van der Waals surface area (Å²) in [6.07, 6.45) is 3.20. The van der Waals surface area contributed by atoms with Crippen LogP contribution in [0, 0.1) is 0 Å². The Morgan fingerprint density at radius 2 is 1.93 bits per heavy atom. The zero-order chi connectivity index (χ0) is 21.3. The number of H-pyrrole nitrogens is 1. The molecule has 4 rings (SSSR count). The predicted octanol–water partition coefficient (Wildman–Crippen LogP) is 2.53. The van der Waals surface area contributed by atoms with Crippen LogP contribution in [0.2, 0.25) is 0 Å². The maximum atomic E-state index is 13.4. The Morgan fingerprint density at radius 3 is 2.67 bits per heavy atom. The number of nitrogens with one attached hydrogen (secondary N) is 1. The predicted molar refractivity (Wildman–Crippen MR) is 113 cm³/mol. The van der Waals surface area contributed by atoms with Gasteiger partial charge in [-0.1, -0.05) is 30.3 Å². The van der Waals surface area contributed by atoms with Gasteiger partial charge in [0.15, 0.2) is 0 Å². The van der Waals surface area contributed by atoms with Crippen molar-refractivity contribution in [3.8, 4) is 0 Å². The second kappa shape index (κ2) is 8.42. The van der Waals surface area contributed by atoms with Gasteiger partial charge in [-0.2, -0.15) is 0 Å². The minimum absolute atomic E-state index is 0.0181. The van der Waals surface area contributed by atoms with Crippen LogP contribution in [0.4, 0.5) is 0 Å². The number of aromatic amines is 1. The van der Waals surface area contributed by atoms with E-state index in [1.54, 1.807) is 4.90 Å². The van der Waals surface area contributed by atoms with Crippen LogP contribution in [0.25, 0.3) is 0 Å². The lowest BCUT2D eigenvalue weighted by atomic mass is 9.95. The molecule has 1 N–H and O–H groups in total. The van der Waals surface area contributed by atoms with E-state index in [0.717, 1.165) is 24.8 Å². The molecule has 0 aliphatic carbocycles. The van der Waals surface area contributed by atoms with Crippen molar-refractivity contribution in [1.29, 1.82) is 0 Å². The molecule has 0 radical (unpaired) electrons. The summed E-state index contributed by atoms with van der Waals surface area (Å²) in [6, 6.07) is 9.51. The van der Waals surface area contributed by atoms with Crippen LogP contribution in [0.1, 0.15) is 67.7 Å². The number of benzene rings is 1. The van der Waals surface area contributed by atoms with E-state index in [2.05, 4.69) is 4.98 Å². The van der Waals surface area contributed by atoms with Crippen molar-refractivity contribution in [3.05, 3.63) is 63.3 Å². The van der Waals surface area contributed by atoms with Gasteiger partial charge >= 0.3 is 0 Å². The van der Waals surface area contributed by atoms with Gasteiger partial charge in [0, 0.05) is 25.6 Å². The number of hydrogen-bond donors (Lipinski definition) is 1. The van der Waals surface area contributed by atoms with E-state index in [-0.39, 0.29) is 29.3 Å². The molecule has 3 heterocycles. The summed E-state index contributed by atoms with van der Waals surface area (Å²) in [5.74, 6) is 0.314. The van der Waals surface area contributed by atoms with E-state index in [1.165, 1.54) is 6.92 Å². The van der Waals surface area contributed by atoms with Gasteiger partial charge < -0.3 is 14.8 Å². The smallest absolute Gasteiger partial charge is 0.254 e. The molecule has 2 aliphatic rings. The highest BCUT2D eigenvalue weighted by Crippen LogP contribution is 2.32. The van der Waals surface area contributed by atoms with Gasteiger partial charge in [0.25, 0.3) is 5.56 Å². The first-order valence-electron chi connectivity index (χ1n) is 10.7. The summed E-state index contributed by atoms with van der Waals surface area (Å²) in [7, 11) is 0. The highest BCUT2D eigenvalue weighted by atomic mass is 16.2. The van der Waals surface area contributed by atoms with Crippen LogP contribution in [0.5, 0.6) is 0 Å². The third-order valence-electron chi connectivity index (χ3n) is 6.31. The fraction of sp³-hybridized carbons (Fsp3) is 0.478. The minimum atomic E-state index is -0.260. The molecular formula is C23H28N4O3. The van der Waals surface area contributed by atoms with Crippen LogP contribution in [0.3, 0.4) is 0 Å². The molecule has 1 aromatic carbocycles. The fourth-order valence-electron chi connectivity index (χ4n) is 4.50. The number of piperidine rings is 1. The number of likely N-dealkylation sites (tertiary alicyclic amines) is 1. The van der Waals surface area contributed by atoms with Crippen LogP contribution < -0.4 is 5.56 Å². The Hall–Kier alpha value is -2.96. The monoisotopic (exact) mass is 408 g/mol. The van der Waals surface area contributed by atoms with Crippen molar-refractivity contribution in [1.82, 2.24) is 19.8 Å². The first-order valence-corrected chi connectivity index (χ1v) is 10.7. The van der Waals surface area contributed by atoms with Crippen LogP contribution in [-0.4, -0.2) is 44.7 Å². The van der Waals surface area contributed by atoms with E-state index >= 15 is 0 Å². The molecule has 0 spiro atoms. The van der Waals surface area contributed by atoms with E-state index in [9.17, 15) is 14.4 Å². The van der Waals surface area contributed by atoms with Crippen molar-refractivity contribution in [2.75, 3.05) is 13.1 Å². The van der Waals surface area contributed by atoms with Crippen molar-refractivity contribution in [3.63, 3.8) is 0 Å². The van der Waals surface area contributed by atoms with Crippen molar-refractivity contribution in [2.45, 2.75) is 58.0 Å². The second-order valence-electron chi connectivity index (χ2n) is 8.24. The maximum Gasteiger partial charge on any atom is 0.254 e. The summed E-state index contributed by atoms with van der Waals surface area (Å²) in [5.41, 5.74) is 2.15. The van der Waals surface area contributed by atoms with E-state index in [0.29, 0.717) is 43.1 Å². The van der Waals surface area contributed by atoms with Gasteiger partial charge in [-0.05, 0) is 38.2 Å². The summed E-state index contributed by atoms with van der Waals surface area (Å²) in [5, 5.41) is 0. The number of rotatable bonds is 3. The number of fused-ring (bicyclic) bond motifs is 1. The summed E-state index contributed by atoms with van der Waals surface area (Å²) in [6.45, 7) is 5.00. The Morgan fingerprint density at radius 1 is 1.17 bits per heavy atom. The molecule has 1 fully saturated rings. The van der Waals surface area contributed by atoms with Gasteiger partial charge in [0.1, 0.15) is 5.82 Å². The highest BCUT2D eigenvalue weighted by molar-refractivity contribution is 5.83. The molecule has 1 aromatic heterocycles. The lowest BCUT2D eigenvalue weighted by Gasteiger charge is -2.37. The molecular weight excluding hydrogens is 380 g/mol. The van der Waals surface area contributed by atoms with Gasteiger partial charge in [-0.25, -0.2) is 4.98 Å². The lowest BCUT2D eigenvalue weighted by Crippen LogP contribution is -2.43. The third-order valence-corrected chi connectivity index (χ3v) is 6.31. The van der Waals surface area contributed by atoms with Crippen LogP contribution in [0.15, 0.2) is 35.1 Å². The van der Waals surface area contributed by atoms with Crippen molar-refractivity contribution < 1.29 is 9.59 Å². The van der Waals surface area contributed by atoms with Crippen molar-refractivity contribution >= 4 is 11.8 Å². The number of amides is 2. The number of nitrogens with zero attached hydrogens (tertiary/aromatic N) is 3. The number of hydrogen-bond acceptors (Lipinski definition) is 4. The van der Waals surface area contributed by atoms with Crippen molar-refractivity contribution in [2.24, 2.45) is 0 Å². The van der Waals surface area contributed by atoms with E-state index < -0.39 is 0 Å². The van der Waals surface area contributed by atoms with Crippen LogP contribution in [-0.2, 0) is 22.6 Å². The first kappa shape index (κ1) is 20.3. The molecule has 7 nitrogen and oxygen atoms in total. The SMILES string of the molecule is CC(=O)N1CCc2c(nc([C@@H]3CCCCN3C(=O)[C@H](C)c3ccccc3)[nH]c2=O)C1. The lowest BCUT2D eigenvalue weighted by molar-refractivity contribution is -0.136. The molecule has 7 heteroatoms. The quantitative estimate of drug-likeness (QED) is 0.846. The van der Waals surface area contributed by atoms with Gasteiger partial charge in [-0.15, -0.1) is 0 Å². The molecule has 2 aliphatic heterocycles. The van der Waals surface area contributed by atoms with E-state index in [4.69, 9.17) is 4.98 Å². The van der Waals surface area contributed by atoms with Gasteiger partial charge in [0.05, 0.1) is 24.2 Å². The Bertz CT molecular complexity index is 1000. The molecule has 2 amide bonds. The van der Waals surface area contributed by atoms with Gasteiger partial charge in [-0.3, -0.25) is 14.4 Å². The Labute approximate surface area is 176 Å². The zero-order valence-electron chi connectivity index (χ0n) is 17.6.